The molecule has 0 saturated heterocycles. The predicted molar refractivity (Wildman–Crippen MR) is 265 cm³/mol. The van der Waals surface area contributed by atoms with Gasteiger partial charge in [-0.2, -0.15) is 0 Å². The molecule has 0 unspecified atom stereocenters. The standard InChI is InChI=1S/C58H38N6/c1-3-4-5-15-30-55-60-57(41-24-13-8-14-25-41)62-58(61-55)42-35-47(39-20-9-6-10-21-39)56(48(36-42)40-22-11-7-12-23-40)64-53-33-31-43(59-2)37-49(53)50-38-44(32-34-54(50)64)63-51-28-18-16-26-45(51)46-27-17-19-29-52(46)63/h3-38H,1H2/b5-4-,30-15+. The minimum absolute atomic E-state index is 0.543. The summed E-state index contributed by atoms with van der Waals surface area (Å²) in [5.74, 6) is 1.68. The number of rotatable bonds is 9. The van der Waals surface area contributed by atoms with Crippen LogP contribution in [-0.4, -0.2) is 24.1 Å². The van der Waals surface area contributed by atoms with Crippen molar-refractivity contribution in [1.29, 1.82) is 0 Å². The van der Waals surface area contributed by atoms with Gasteiger partial charge in [-0.1, -0.05) is 164 Å². The van der Waals surface area contributed by atoms with Crippen LogP contribution < -0.4 is 0 Å². The Morgan fingerprint density at radius 2 is 0.953 bits per heavy atom. The first-order valence-electron chi connectivity index (χ1n) is 21.2. The molecule has 6 heteroatoms. The fourth-order valence-corrected chi connectivity index (χ4v) is 8.93. The summed E-state index contributed by atoms with van der Waals surface area (Å²) in [6.45, 7) is 11.9. The van der Waals surface area contributed by atoms with E-state index in [1.165, 1.54) is 10.8 Å². The molecule has 0 spiro atoms. The molecular formula is C58H38N6. The highest BCUT2D eigenvalue weighted by atomic mass is 15.0. The van der Waals surface area contributed by atoms with Crippen molar-refractivity contribution in [3.63, 3.8) is 0 Å². The van der Waals surface area contributed by atoms with Crippen LogP contribution in [0.15, 0.2) is 219 Å². The summed E-state index contributed by atoms with van der Waals surface area (Å²) < 4.78 is 4.73. The molecule has 3 aromatic heterocycles. The maximum atomic E-state index is 8.06. The van der Waals surface area contributed by atoms with E-state index in [-0.39, 0.29) is 0 Å². The quantitative estimate of drug-likeness (QED) is 0.108. The molecule has 11 rings (SSSR count). The fraction of sp³-hybridized carbons (Fsp3) is 0. The lowest BCUT2D eigenvalue weighted by Gasteiger charge is -2.21. The first-order chi connectivity index (χ1) is 31.7. The Bertz CT molecular complexity index is 3570. The summed E-state index contributed by atoms with van der Waals surface area (Å²) in [6.07, 6.45) is 9.33. The number of allylic oxidation sites excluding steroid dienone is 4. The normalized spacial score (nSPS) is 11.7. The van der Waals surface area contributed by atoms with Crippen LogP contribution in [0.2, 0.25) is 0 Å². The lowest BCUT2D eigenvalue weighted by molar-refractivity contribution is 1.04. The molecule has 300 valence electrons. The van der Waals surface area contributed by atoms with Gasteiger partial charge in [0.1, 0.15) is 0 Å². The number of hydrogen-bond acceptors (Lipinski definition) is 3. The lowest BCUT2D eigenvalue weighted by Crippen LogP contribution is -2.04. The Labute approximate surface area is 370 Å². The fourth-order valence-electron chi connectivity index (χ4n) is 8.93. The van der Waals surface area contributed by atoms with Gasteiger partial charge in [-0.15, -0.1) is 0 Å². The van der Waals surface area contributed by atoms with Crippen molar-refractivity contribution in [3.05, 3.63) is 236 Å². The molecule has 64 heavy (non-hydrogen) atoms. The molecule has 11 aromatic rings. The topological polar surface area (TPSA) is 52.9 Å². The summed E-state index contributed by atoms with van der Waals surface area (Å²) in [5, 5.41) is 4.46. The lowest BCUT2D eigenvalue weighted by atomic mass is 9.92. The molecule has 3 heterocycles. The molecule has 0 fully saturated rings. The molecule has 8 aromatic carbocycles. The van der Waals surface area contributed by atoms with E-state index in [9.17, 15) is 0 Å². The Kier molecular flexibility index (Phi) is 9.61. The van der Waals surface area contributed by atoms with Crippen molar-refractivity contribution < 1.29 is 0 Å². The first-order valence-corrected chi connectivity index (χ1v) is 21.2. The van der Waals surface area contributed by atoms with Crippen molar-refractivity contribution in [2.75, 3.05) is 0 Å². The van der Waals surface area contributed by atoms with E-state index in [4.69, 9.17) is 21.5 Å². The minimum Gasteiger partial charge on any atom is -0.309 e. The van der Waals surface area contributed by atoms with Gasteiger partial charge in [-0.3, -0.25) is 0 Å². The molecule has 0 radical (unpaired) electrons. The Morgan fingerprint density at radius 3 is 1.55 bits per heavy atom. The molecule has 6 nitrogen and oxygen atoms in total. The molecular weight excluding hydrogens is 781 g/mol. The third kappa shape index (κ3) is 6.66. The monoisotopic (exact) mass is 818 g/mol. The minimum atomic E-state index is 0.543. The second-order valence-corrected chi connectivity index (χ2v) is 15.6. The molecule has 0 saturated carbocycles. The summed E-state index contributed by atoms with van der Waals surface area (Å²) >= 11 is 0. The van der Waals surface area contributed by atoms with Gasteiger partial charge in [0.15, 0.2) is 23.2 Å². The number of aromatic nitrogens is 5. The van der Waals surface area contributed by atoms with Gasteiger partial charge in [0.25, 0.3) is 0 Å². The van der Waals surface area contributed by atoms with Gasteiger partial charge in [0, 0.05) is 44.1 Å². The van der Waals surface area contributed by atoms with Crippen LogP contribution in [0, 0.1) is 6.57 Å². The Balaban J connectivity index is 1.22. The molecule has 0 aliphatic carbocycles. The van der Waals surface area contributed by atoms with E-state index in [1.807, 2.05) is 78.9 Å². The Hall–Kier alpha value is -8.92. The van der Waals surface area contributed by atoms with Crippen molar-refractivity contribution in [3.8, 4) is 56.4 Å². The van der Waals surface area contributed by atoms with Crippen LogP contribution in [-0.2, 0) is 0 Å². The van der Waals surface area contributed by atoms with Crippen LogP contribution in [0.5, 0.6) is 0 Å². The summed E-state index contributed by atoms with van der Waals surface area (Å²) in [7, 11) is 0. The van der Waals surface area contributed by atoms with Crippen molar-refractivity contribution in [2.45, 2.75) is 0 Å². The van der Waals surface area contributed by atoms with E-state index < -0.39 is 0 Å². The first kappa shape index (κ1) is 38.0. The number of hydrogen-bond donors (Lipinski definition) is 0. The highest BCUT2D eigenvalue weighted by Crippen LogP contribution is 2.45. The average Bonchev–Trinajstić information content (AvgIpc) is 3.87. The van der Waals surface area contributed by atoms with E-state index in [0.717, 1.165) is 77.6 Å². The summed E-state index contributed by atoms with van der Waals surface area (Å²) in [6, 6.07) is 65.5. The molecule has 0 atom stereocenters. The number of para-hydroxylation sites is 2. The van der Waals surface area contributed by atoms with E-state index in [2.05, 4.69) is 154 Å². The van der Waals surface area contributed by atoms with Crippen LogP contribution in [0.1, 0.15) is 5.82 Å². The average molecular weight is 819 g/mol. The van der Waals surface area contributed by atoms with Gasteiger partial charge in [-0.25, -0.2) is 19.8 Å². The number of nitrogens with zero attached hydrogens (tertiary/aromatic N) is 6. The third-order valence-corrected chi connectivity index (χ3v) is 11.7. The van der Waals surface area contributed by atoms with Crippen LogP contribution in [0.4, 0.5) is 5.69 Å². The highest BCUT2D eigenvalue weighted by molar-refractivity contribution is 6.14. The zero-order valence-corrected chi connectivity index (χ0v) is 34.7. The van der Waals surface area contributed by atoms with Crippen LogP contribution in [0.25, 0.3) is 111 Å². The zero-order valence-electron chi connectivity index (χ0n) is 34.7. The van der Waals surface area contributed by atoms with Crippen molar-refractivity contribution >= 4 is 55.4 Å². The van der Waals surface area contributed by atoms with Crippen molar-refractivity contribution in [2.24, 2.45) is 0 Å². The van der Waals surface area contributed by atoms with E-state index in [0.29, 0.717) is 23.2 Å². The number of benzene rings is 8. The summed E-state index contributed by atoms with van der Waals surface area (Å²) in [5.41, 5.74) is 12.8. The largest absolute Gasteiger partial charge is 0.309 e. The zero-order chi connectivity index (χ0) is 43.0. The summed E-state index contributed by atoms with van der Waals surface area (Å²) in [4.78, 5) is 19.0. The maximum Gasteiger partial charge on any atom is 0.188 e. The van der Waals surface area contributed by atoms with Gasteiger partial charge >= 0.3 is 0 Å². The second-order valence-electron chi connectivity index (χ2n) is 15.6. The Morgan fingerprint density at radius 1 is 0.438 bits per heavy atom. The van der Waals surface area contributed by atoms with Gasteiger partial charge in [0.2, 0.25) is 0 Å². The van der Waals surface area contributed by atoms with Gasteiger partial charge in [-0.05, 0) is 77.2 Å². The molecule has 0 amide bonds. The highest BCUT2D eigenvalue weighted by Gasteiger charge is 2.24. The van der Waals surface area contributed by atoms with Crippen LogP contribution >= 0.6 is 0 Å². The molecule has 0 aliphatic rings. The van der Waals surface area contributed by atoms with E-state index in [1.54, 1.807) is 6.08 Å². The van der Waals surface area contributed by atoms with E-state index >= 15 is 0 Å². The predicted octanol–water partition coefficient (Wildman–Crippen LogP) is 15.0. The maximum absolute atomic E-state index is 8.06. The van der Waals surface area contributed by atoms with Gasteiger partial charge in [0.05, 0.1) is 34.3 Å². The van der Waals surface area contributed by atoms with Gasteiger partial charge < -0.3 is 9.13 Å². The van der Waals surface area contributed by atoms with Crippen molar-refractivity contribution in [1.82, 2.24) is 24.1 Å². The second kappa shape index (κ2) is 16.2. The molecule has 0 aliphatic heterocycles. The molecule has 0 N–H and O–H groups in total. The smallest absolute Gasteiger partial charge is 0.188 e. The third-order valence-electron chi connectivity index (χ3n) is 11.7. The SMILES string of the molecule is [C-]#[N+]c1ccc2c(c1)c1cc(-n3c4ccccc4c4ccccc43)ccc1n2-c1c(-c2ccccc2)cc(-c2nc(/C=C/C=C\C=C)nc(-c3ccccc3)n2)cc1-c1ccccc1. The number of fused-ring (bicyclic) bond motifs is 6. The van der Waals surface area contributed by atoms with Crippen LogP contribution in [0.3, 0.4) is 0 Å². The molecule has 0 bridgehead atoms.